The minimum atomic E-state index is -1.39. The maximum atomic E-state index is 14.0. The SMILES string of the molecule is C[C@@H](O)[C@H](NC(=O)OCC1c2ccccc2-c2ccccc21)C(=O)OC(c1ccccc1)(c1ccccc1)c1ccccc1. The van der Waals surface area contributed by atoms with Crippen LogP contribution in [0.25, 0.3) is 11.1 Å². The molecule has 220 valence electrons. The van der Waals surface area contributed by atoms with E-state index in [1.807, 2.05) is 127 Å². The van der Waals surface area contributed by atoms with E-state index in [1.165, 1.54) is 6.92 Å². The van der Waals surface area contributed by atoms with Crippen molar-refractivity contribution in [1.82, 2.24) is 5.32 Å². The van der Waals surface area contributed by atoms with Gasteiger partial charge in [-0.3, -0.25) is 0 Å². The number of carbonyl (C=O) groups excluding carboxylic acids is 2. The first-order chi connectivity index (χ1) is 21.5. The van der Waals surface area contributed by atoms with Crippen molar-refractivity contribution in [2.24, 2.45) is 0 Å². The summed E-state index contributed by atoms with van der Waals surface area (Å²) in [5.41, 5.74) is 5.18. The van der Waals surface area contributed by atoms with Crippen molar-refractivity contribution in [3.8, 4) is 11.1 Å². The molecular weight excluding hydrogens is 550 g/mol. The number of aliphatic hydroxyl groups is 1. The van der Waals surface area contributed by atoms with Gasteiger partial charge in [-0.15, -0.1) is 0 Å². The topological polar surface area (TPSA) is 84.9 Å². The Bertz CT molecular complexity index is 1600. The summed E-state index contributed by atoms with van der Waals surface area (Å²) in [6, 6.07) is 43.0. The van der Waals surface area contributed by atoms with E-state index in [9.17, 15) is 14.7 Å². The molecule has 44 heavy (non-hydrogen) atoms. The number of rotatable bonds is 9. The maximum Gasteiger partial charge on any atom is 0.407 e. The van der Waals surface area contributed by atoms with Gasteiger partial charge < -0.3 is 19.9 Å². The van der Waals surface area contributed by atoms with Gasteiger partial charge in [0.15, 0.2) is 11.6 Å². The molecule has 6 heteroatoms. The quantitative estimate of drug-likeness (QED) is 0.147. The number of aliphatic hydroxyl groups excluding tert-OH is 1. The van der Waals surface area contributed by atoms with Crippen LogP contribution in [0, 0.1) is 0 Å². The molecule has 1 aliphatic carbocycles. The first-order valence-corrected chi connectivity index (χ1v) is 14.7. The zero-order valence-electron chi connectivity index (χ0n) is 24.3. The number of nitrogens with one attached hydrogen (secondary N) is 1. The molecule has 2 atom stereocenters. The van der Waals surface area contributed by atoms with Crippen LogP contribution in [0.15, 0.2) is 140 Å². The molecule has 6 nitrogen and oxygen atoms in total. The van der Waals surface area contributed by atoms with Crippen molar-refractivity contribution in [2.75, 3.05) is 6.61 Å². The Labute approximate surface area is 256 Å². The van der Waals surface area contributed by atoms with Gasteiger partial charge in [-0.1, -0.05) is 140 Å². The largest absolute Gasteiger partial charge is 0.449 e. The fraction of sp³-hybridized carbons (Fsp3) is 0.158. The summed E-state index contributed by atoms with van der Waals surface area (Å²) in [7, 11) is 0. The second kappa shape index (κ2) is 12.6. The third-order valence-electron chi connectivity index (χ3n) is 8.15. The lowest BCUT2D eigenvalue weighted by Crippen LogP contribution is -2.51. The van der Waals surface area contributed by atoms with Gasteiger partial charge in [-0.2, -0.15) is 0 Å². The molecule has 0 saturated heterocycles. The van der Waals surface area contributed by atoms with Crippen LogP contribution in [-0.2, 0) is 19.9 Å². The first kappa shape index (κ1) is 28.9. The summed E-state index contributed by atoms with van der Waals surface area (Å²) in [6.45, 7) is 1.51. The van der Waals surface area contributed by atoms with Gasteiger partial charge in [0, 0.05) is 22.6 Å². The molecule has 5 aromatic carbocycles. The molecule has 0 saturated carbocycles. The monoisotopic (exact) mass is 583 g/mol. The molecule has 0 unspecified atom stereocenters. The molecule has 0 aliphatic heterocycles. The smallest absolute Gasteiger partial charge is 0.407 e. The van der Waals surface area contributed by atoms with Crippen LogP contribution in [0.2, 0.25) is 0 Å². The highest BCUT2D eigenvalue weighted by Crippen LogP contribution is 2.44. The van der Waals surface area contributed by atoms with Crippen molar-refractivity contribution in [2.45, 2.75) is 30.6 Å². The Hall–Kier alpha value is -5.20. The van der Waals surface area contributed by atoms with Gasteiger partial charge in [-0.05, 0) is 29.2 Å². The number of carbonyl (C=O) groups is 2. The van der Waals surface area contributed by atoms with E-state index in [-0.39, 0.29) is 12.5 Å². The Morgan fingerprint density at radius 2 is 1.09 bits per heavy atom. The summed E-state index contributed by atoms with van der Waals surface area (Å²) >= 11 is 0. The predicted molar refractivity (Wildman–Crippen MR) is 169 cm³/mol. The molecule has 0 bridgehead atoms. The Morgan fingerprint density at radius 1 is 0.682 bits per heavy atom. The standard InChI is InChI=1S/C38H33NO5/c1-26(40)35(39-37(42)43-25-34-32-23-13-11-21-30(32)31-22-12-14-24-33(31)34)36(41)44-38(27-15-5-2-6-16-27,28-17-7-3-8-18-28)29-19-9-4-10-20-29/h2-24,26,34-35,40H,25H2,1H3,(H,39,42)/t26-,35+/m1/s1. The number of hydrogen-bond donors (Lipinski definition) is 2. The van der Waals surface area contributed by atoms with Gasteiger partial charge in [0.1, 0.15) is 6.61 Å². The van der Waals surface area contributed by atoms with Crippen molar-refractivity contribution < 1.29 is 24.2 Å². The number of amides is 1. The van der Waals surface area contributed by atoms with Crippen LogP contribution in [0.1, 0.15) is 40.7 Å². The lowest BCUT2D eigenvalue weighted by molar-refractivity contribution is -0.158. The van der Waals surface area contributed by atoms with Gasteiger partial charge in [-0.25, -0.2) is 9.59 Å². The van der Waals surface area contributed by atoms with E-state index < -0.39 is 29.8 Å². The second-order valence-electron chi connectivity index (χ2n) is 10.9. The molecule has 0 radical (unpaired) electrons. The summed E-state index contributed by atoms with van der Waals surface area (Å²) in [5, 5.41) is 13.3. The van der Waals surface area contributed by atoms with Crippen LogP contribution >= 0.6 is 0 Å². The molecular formula is C38H33NO5. The zero-order chi connectivity index (χ0) is 30.5. The average molecular weight is 584 g/mol. The Morgan fingerprint density at radius 3 is 1.52 bits per heavy atom. The average Bonchev–Trinajstić information content (AvgIpc) is 3.39. The minimum Gasteiger partial charge on any atom is -0.449 e. The van der Waals surface area contributed by atoms with Crippen LogP contribution in [-0.4, -0.2) is 35.9 Å². The van der Waals surface area contributed by atoms with E-state index in [1.54, 1.807) is 0 Å². The third-order valence-corrected chi connectivity index (χ3v) is 8.15. The van der Waals surface area contributed by atoms with Crippen LogP contribution in [0.5, 0.6) is 0 Å². The number of esters is 1. The maximum absolute atomic E-state index is 14.0. The van der Waals surface area contributed by atoms with E-state index in [4.69, 9.17) is 9.47 Å². The van der Waals surface area contributed by atoms with Gasteiger partial charge in [0.25, 0.3) is 0 Å². The van der Waals surface area contributed by atoms with Crippen LogP contribution in [0.4, 0.5) is 4.79 Å². The molecule has 1 aliphatic rings. The number of alkyl carbamates (subject to hydrolysis) is 1. The fourth-order valence-electron chi connectivity index (χ4n) is 6.05. The van der Waals surface area contributed by atoms with Gasteiger partial charge >= 0.3 is 12.1 Å². The molecule has 2 N–H and O–H groups in total. The lowest BCUT2D eigenvalue weighted by atomic mass is 9.80. The van der Waals surface area contributed by atoms with Gasteiger partial charge in [0.2, 0.25) is 0 Å². The van der Waals surface area contributed by atoms with E-state index in [2.05, 4.69) is 17.4 Å². The molecule has 5 aromatic rings. The number of hydrogen-bond acceptors (Lipinski definition) is 5. The molecule has 1 amide bonds. The summed E-state index contributed by atoms with van der Waals surface area (Å²) < 4.78 is 12.1. The molecule has 6 rings (SSSR count). The van der Waals surface area contributed by atoms with Crippen molar-refractivity contribution in [3.63, 3.8) is 0 Å². The summed E-state index contributed by atoms with van der Waals surface area (Å²) in [5.74, 6) is -0.947. The second-order valence-corrected chi connectivity index (χ2v) is 10.9. The minimum absolute atomic E-state index is 0.0728. The lowest BCUT2D eigenvalue weighted by Gasteiger charge is -2.36. The van der Waals surface area contributed by atoms with Crippen molar-refractivity contribution in [3.05, 3.63) is 167 Å². The fourth-order valence-corrected chi connectivity index (χ4v) is 6.05. The van der Waals surface area contributed by atoms with E-state index >= 15 is 0 Å². The number of ether oxygens (including phenoxy) is 2. The first-order valence-electron chi connectivity index (χ1n) is 14.7. The number of benzene rings is 5. The highest BCUT2D eigenvalue weighted by atomic mass is 16.6. The normalized spacial score (nSPS) is 13.7. The van der Waals surface area contributed by atoms with Gasteiger partial charge in [0.05, 0.1) is 6.10 Å². The molecule has 0 spiro atoms. The third kappa shape index (κ3) is 5.48. The van der Waals surface area contributed by atoms with Crippen LogP contribution in [0.3, 0.4) is 0 Å². The van der Waals surface area contributed by atoms with Crippen molar-refractivity contribution >= 4 is 12.1 Å². The molecule has 0 aromatic heterocycles. The molecule has 0 heterocycles. The summed E-state index contributed by atoms with van der Waals surface area (Å²) in [4.78, 5) is 27.2. The number of fused-ring (bicyclic) bond motifs is 3. The highest BCUT2D eigenvalue weighted by Gasteiger charge is 2.43. The van der Waals surface area contributed by atoms with E-state index in [0.717, 1.165) is 38.9 Å². The summed E-state index contributed by atoms with van der Waals surface area (Å²) in [6.07, 6.45) is -2.08. The Kier molecular flexibility index (Phi) is 8.26. The highest BCUT2D eigenvalue weighted by molar-refractivity contribution is 5.83. The predicted octanol–water partition coefficient (Wildman–Crippen LogP) is 6.81. The Balaban J connectivity index is 1.26. The van der Waals surface area contributed by atoms with Crippen LogP contribution < -0.4 is 5.32 Å². The van der Waals surface area contributed by atoms with E-state index in [0.29, 0.717) is 0 Å². The molecule has 0 fully saturated rings. The zero-order valence-corrected chi connectivity index (χ0v) is 24.3. The van der Waals surface area contributed by atoms with Crippen molar-refractivity contribution in [1.29, 1.82) is 0 Å².